The van der Waals surface area contributed by atoms with Gasteiger partial charge < -0.3 is 19.2 Å². The van der Waals surface area contributed by atoms with Gasteiger partial charge in [0.1, 0.15) is 5.58 Å². The average Bonchev–Trinajstić information content (AvgIpc) is 3.40. The van der Waals surface area contributed by atoms with E-state index in [2.05, 4.69) is 9.88 Å². The van der Waals surface area contributed by atoms with Gasteiger partial charge >= 0.3 is 0 Å². The van der Waals surface area contributed by atoms with Crippen LogP contribution >= 0.6 is 0 Å². The molecule has 0 unspecified atom stereocenters. The van der Waals surface area contributed by atoms with E-state index in [4.69, 9.17) is 9.15 Å². The Balaban J connectivity index is 1.43. The molecule has 33 heavy (non-hydrogen) atoms. The number of Topliss-reactive ketones (excluding diaryl/α,β-unsaturated/α-hetero) is 1. The molecule has 1 amide bonds. The third kappa shape index (κ3) is 4.15. The van der Waals surface area contributed by atoms with Crippen LogP contribution in [0.5, 0.6) is 0 Å². The molecular weight excluding hydrogens is 422 g/mol. The van der Waals surface area contributed by atoms with Crippen LogP contribution in [0.3, 0.4) is 0 Å². The number of ketones is 1. The predicted molar refractivity (Wildman–Crippen MR) is 121 cm³/mol. The second kappa shape index (κ2) is 9.17. The number of carbonyl (C=O) groups is 2. The van der Waals surface area contributed by atoms with Crippen LogP contribution in [0.1, 0.15) is 28.6 Å². The van der Waals surface area contributed by atoms with E-state index in [1.54, 1.807) is 41.6 Å². The number of aliphatic hydroxyl groups is 1. The van der Waals surface area contributed by atoms with Crippen molar-refractivity contribution >= 4 is 22.7 Å². The number of amides is 1. The molecule has 3 aromatic rings. The van der Waals surface area contributed by atoms with Gasteiger partial charge in [-0.15, -0.1) is 0 Å². The highest BCUT2D eigenvalue weighted by Gasteiger charge is 2.44. The molecule has 1 fully saturated rings. The molecule has 4 heterocycles. The van der Waals surface area contributed by atoms with Gasteiger partial charge in [0.15, 0.2) is 11.5 Å². The lowest BCUT2D eigenvalue weighted by atomic mass is 9.95. The van der Waals surface area contributed by atoms with Gasteiger partial charge in [0.05, 0.1) is 24.8 Å². The topological polar surface area (TPSA) is 96.1 Å². The summed E-state index contributed by atoms with van der Waals surface area (Å²) in [5.74, 6) is -1.46. The lowest BCUT2D eigenvalue weighted by Crippen LogP contribution is -2.39. The Morgan fingerprint density at radius 3 is 2.61 bits per heavy atom. The van der Waals surface area contributed by atoms with Crippen molar-refractivity contribution in [3.05, 3.63) is 77.5 Å². The molecule has 2 aliphatic rings. The summed E-state index contributed by atoms with van der Waals surface area (Å²) in [4.78, 5) is 34.5. The second-order valence-electron chi connectivity index (χ2n) is 8.23. The Hall–Kier alpha value is -3.49. The maximum absolute atomic E-state index is 13.5. The molecule has 0 aliphatic carbocycles. The number of hydrogen-bond donors (Lipinski definition) is 1. The number of furan rings is 1. The number of fused-ring (bicyclic) bond motifs is 1. The SMILES string of the molecule is O=C(C1=C(O)C(=O)N(CCCN2CCOCC2)[C@@H]1c1ccncc1)c1cc2ccccc2o1. The van der Waals surface area contributed by atoms with Crippen LogP contribution in [0, 0.1) is 0 Å². The van der Waals surface area contributed by atoms with Crippen LogP contribution in [0.15, 0.2) is 70.6 Å². The van der Waals surface area contributed by atoms with Gasteiger partial charge in [0, 0.05) is 44.0 Å². The third-order valence-electron chi connectivity index (χ3n) is 6.20. The smallest absolute Gasteiger partial charge is 0.290 e. The highest BCUT2D eigenvalue weighted by atomic mass is 16.5. The molecule has 0 radical (unpaired) electrons. The van der Waals surface area contributed by atoms with E-state index in [0.29, 0.717) is 37.3 Å². The van der Waals surface area contributed by atoms with Gasteiger partial charge in [0.25, 0.3) is 5.91 Å². The molecule has 1 atom stereocenters. The Morgan fingerprint density at radius 2 is 1.85 bits per heavy atom. The van der Waals surface area contributed by atoms with Crippen LogP contribution < -0.4 is 0 Å². The van der Waals surface area contributed by atoms with E-state index in [-0.39, 0.29) is 11.3 Å². The first-order valence-corrected chi connectivity index (χ1v) is 11.1. The van der Waals surface area contributed by atoms with Crippen LogP contribution in [-0.2, 0) is 9.53 Å². The minimum Gasteiger partial charge on any atom is -0.503 e. The summed E-state index contributed by atoms with van der Waals surface area (Å²) in [5, 5.41) is 11.6. The molecule has 0 saturated carbocycles. The van der Waals surface area contributed by atoms with Crippen molar-refractivity contribution in [2.24, 2.45) is 0 Å². The van der Waals surface area contributed by atoms with Crippen LogP contribution in [0.25, 0.3) is 11.0 Å². The van der Waals surface area contributed by atoms with Gasteiger partial charge in [-0.1, -0.05) is 18.2 Å². The molecule has 170 valence electrons. The number of morpholine rings is 1. The van der Waals surface area contributed by atoms with Crippen molar-refractivity contribution in [1.82, 2.24) is 14.8 Å². The lowest BCUT2D eigenvalue weighted by Gasteiger charge is -2.29. The van der Waals surface area contributed by atoms with Crippen LogP contribution in [0.2, 0.25) is 0 Å². The standard InChI is InChI=1S/C25H25N3O5/c29-23(20-16-18-4-1-2-5-19(18)33-20)21-22(17-6-8-26-9-7-17)28(25(31)24(21)30)11-3-10-27-12-14-32-15-13-27/h1-2,4-9,16,22,30H,3,10-15H2/t22-/m1/s1. The zero-order chi connectivity index (χ0) is 22.8. The number of rotatable bonds is 7. The normalized spacial score (nSPS) is 19.6. The summed E-state index contributed by atoms with van der Waals surface area (Å²) in [6, 6.07) is 11.8. The van der Waals surface area contributed by atoms with Crippen LogP contribution in [0.4, 0.5) is 0 Å². The minimum atomic E-state index is -0.703. The van der Waals surface area contributed by atoms with E-state index >= 15 is 0 Å². The zero-order valence-corrected chi connectivity index (χ0v) is 18.1. The maximum Gasteiger partial charge on any atom is 0.290 e. The zero-order valence-electron chi connectivity index (χ0n) is 18.1. The number of pyridine rings is 1. The number of para-hydroxylation sites is 1. The quantitative estimate of drug-likeness (QED) is 0.556. The van der Waals surface area contributed by atoms with Crippen molar-refractivity contribution in [2.75, 3.05) is 39.4 Å². The number of nitrogens with zero attached hydrogens (tertiary/aromatic N) is 3. The van der Waals surface area contributed by atoms with Gasteiger partial charge in [0.2, 0.25) is 5.78 Å². The molecule has 2 aliphatic heterocycles. The number of hydrogen-bond acceptors (Lipinski definition) is 7. The molecule has 0 spiro atoms. The van der Waals surface area contributed by atoms with Crippen molar-refractivity contribution in [2.45, 2.75) is 12.5 Å². The molecule has 1 N–H and O–H groups in total. The highest BCUT2D eigenvalue weighted by molar-refractivity contribution is 6.16. The first-order chi connectivity index (χ1) is 16.1. The Labute approximate surface area is 191 Å². The lowest BCUT2D eigenvalue weighted by molar-refractivity contribution is -0.129. The molecule has 8 nitrogen and oxygen atoms in total. The van der Waals surface area contributed by atoms with Crippen molar-refractivity contribution in [3.63, 3.8) is 0 Å². The maximum atomic E-state index is 13.5. The van der Waals surface area contributed by atoms with E-state index < -0.39 is 23.5 Å². The van der Waals surface area contributed by atoms with Crippen molar-refractivity contribution in [1.29, 1.82) is 0 Å². The van der Waals surface area contributed by atoms with Gasteiger partial charge in [-0.25, -0.2) is 0 Å². The summed E-state index contributed by atoms with van der Waals surface area (Å²) in [7, 11) is 0. The molecule has 1 saturated heterocycles. The number of ether oxygens (including phenoxy) is 1. The van der Waals surface area contributed by atoms with E-state index in [1.165, 1.54) is 0 Å². The number of aromatic nitrogens is 1. The average molecular weight is 447 g/mol. The number of carbonyl (C=O) groups excluding carboxylic acids is 2. The van der Waals surface area contributed by atoms with Gasteiger partial charge in [-0.2, -0.15) is 0 Å². The summed E-state index contributed by atoms with van der Waals surface area (Å²) in [6.07, 6.45) is 3.95. The first-order valence-electron chi connectivity index (χ1n) is 11.1. The monoisotopic (exact) mass is 447 g/mol. The molecule has 1 aromatic carbocycles. The second-order valence-corrected chi connectivity index (χ2v) is 8.23. The minimum absolute atomic E-state index is 0.0385. The largest absolute Gasteiger partial charge is 0.503 e. The van der Waals surface area contributed by atoms with Crippen molar-refractivity contribution < 1.29 is 23.8 Å². The fourth-order valence-electron chi connectivity index (χ4n) is 4.52. The Bertz CT molecular complexity index is 1160. The molecule has 5 rings (SSSR count). The Morgan fingerprint density at radius 1 is 1.09 bits per heavy atom. The predicted octanol–water partition coefficient (Wildman–Crippen LogP) is 3.13. The van der Waals surface area contributed by atoms with Crippen LogP contribution in [-0.4, -0.2) is 71.0 Å². The number of aliphatic hydroxyl groups excluding tert-OH is 1. The fraction of sp³-hybridized carbons (Fsp3) is 0.320. The summed E-state index contributed by atoms with van der Waals surface area (Å²) >= 11 is 0. The summed E-state index contributed by atoms with van der Waals surface area (Å²) in [6.45, 7) is 4.36. The van der Waals surface area contributed by atoms with Gasteiger partial charge in [-0.3, -0.25) is 19.5 Å². The molecule has 2 aromatic heterocycles. The van der Waals surface area contributed by atoms with Gasteiger partial charge in [-0.05, 0) is 36.2 Å². The van der Waals surface area contributed by atoms with E-state index in [1.807, 2.05) is 18.2 Å². The Kier molecular flexibility index (Phi) is 5.93. The third-order valence-corrected chi connectivity index (χ3v) is 6.20. The number of benzene rings is 1. The summed E-state index contributed by atoms with van der Waals surface area (Å²) in [5.41, 5.74) is 1.33. The van der Waals surface area contributed by atoms with E-state index in [9.17, 15) is 14.7 Å². The first kappa shape index (κ1) is 21.4. The van der Waals surface area contributed by atoms with E-state index in [0.717, 1.165) is 25.0 Å². The summed E-state index contributed by atoms with van der Waals surface area (Å²) < 4.78 is 11.1. The molecular formula is C25H25N3O5. The highest BCUT2D eigenvalue weighted by Crippen LogP contribution is 2.39. The fourth-order valence-corrected chi connectivity index (χ4v) is 4.52. The molecule has 8 heteroatoms. The molecule has 0 bridgehead atoms. The van der Waals surface area contributed by atoms with Crippen molar-refractivity contribution in [3.8, 4) is 0 Å².